The van der Waals surface area contributed by atoms with Gasteiger partial charge in [-0.25, -0.2) is 15.0 Å². The molecule has 0 fully saturated rings. The first-order valence-electron chi connectivity index (χ1n) is 12.3. The number of hydrogen-bond donors (Lipinski definition) is 1. The van der Waals surface area contributed by atoms with E-state index in [1.54, 1.807) is 0 Å². The molecule has 3 aromatic heterocycles. The summed E-state index contributed by atoms with van der Waals surface area (Å²) in [6.07, 6.45) is -8.08. The average Bonchev–Trinajstić information content (AvgIpc) is 2.96. The molecule has 1 aromatic carbocycles. The van der Waals surface area contributed by atoms with Gasteiger partial charge in [-0.05, 0) is 48.5 Å². The number of carbonyl (C=O) groups is 1. The van der Waals surface area contributed by atoms with Gasteiger partial charge in [0.2, 0.25) is 5.82 Å². The summed E-state index contributed by atoms with van der Waals surface area (Å²) in [6, 6.07) is 8.76. The van der Waals surface area contributed by atoms with Crippen molar-refractivity contribution < 1.29 is 40.6 Å². The van der Waals surface area contributed by atoms with Crippen LogP contribution in [-0.2, 0) is 21.8 Å². The van der Waals surface area contributed by atoms with Crippen LogP contribution in [0, 0.1) is 0 Å². The number of alkyl halides is 6. The Morgan fingerprint density at radius 3 is 2.12 bits per heavy atom. The zero-order chi connectivity index (χ0) is 30.5. The van der Waals surface area contributed by atoms with Gasteiger partial charge >= 0.3 is 12.4 Å². The minimum absolute atomic E-state index is 0.00217. The maximum absolute atomic E-state index is 13.7. The summed E-state index contributed by atoms with van der Waals surface area (Å²) in [5.41, 5.74) is -2.44. The summed E-state index contributed by atoms with van der Waals surface area (Å²) < 4.78 is 90.3. The van der Waals surface area contributed by atoms with E-state index in [-0.39, 0.29) is 60.4 Å². The molecule has 222 valence electrons. The van der Waals surface area contributed by atoms with Crippen LogP contribution in [0.4, 0.5) is 37.8 Å². The number of nitrogens with zero attached hydrogens (tertiary/aromatic N) is 5. The van der Waals surface area contributed by atoms with Gasteiger partial charge in [-0.2, -0.15) is 26.3 Å². The van der Waals surface area contributed by atoms with Gasteiger partial charge in [0.25, 0.3) is 5.91 Å². The Kier molecular flexibility index (Phi) is 9.21. The number of amides is 1. The number of nitrogens with one attached hydrogen (secondary N) is 1. The minimum Gasteiger partial charge on any atom is -0.383 e. The van der Waals surface area contributed by atoms with Crippen LogP contribution in [0.15, 0.2) is 54.7 Å². The summed E-state index contributed by atoms with van der Waals surface area (Å²) in [5.74, 6) is -1.01. The van der Waals surface area contributed by atoms with Crippen LogP contribution in [0.1, 0.15) is 21.7 Å². The highest BCUT2D eigenvalue weighted by atomic mass is 19.4. The second-order valence-corrected chi connectivity index (χ2v) is 8.84. The lowest BCUT2D eigenvalue weighted by Crippen LogP contribution is -2.37. The summed E-state index contributed by atoms with van der Waals surface area (Å²) in [5, 5.41) is 3.06. The number of ether oxygens (including phenoxy) is 2. The van der Waals surface area contributed by atoms with Gasteiger partial charge in [0.05, 0.1) is 35.4 Å². The third-order valence-electron chi connectivity index (χ3n) is 6.00. The number of fused-ring (bicyclic) bond motifs is 1. The molecule has 0 aliphatic carbocycles. The largest absolute Gasteiger partial charge is 0.418 e. The van der Waals surface area contributed by atoms with E-state index < -0.39 is 35.1 Å². The number of aromatic nitrogens is 4. The Balaban J connectivity index is 1.84. The van der Waals surface area contributed by atoms with E-state index in [0.717, 1.165) is 24.3 Å². The van der Waals surface area contributed by atoms with Crippen LogP contribution in [0.2, 0.25) is 0 Å². The third-order valence-corrected chi connectivity index (χ3v) is 6.00. The first-order valence-corrected chi connectivity index (χ1v) is 12.3. The number of rotatable bonds is 10. The van der Waals surface area contributed by atoms with Gasteiger partial charge < -0.3 is 19.7 Å². The molecule has 0 saturated heterocycles. The van der Waals surface area contributed by atoms with Crippen molar-refractivity contribution in [3.05, 3.63) is 71.7 Å². The highest BCUT2D eigenvalue weighted by molar-refractivity contribution is 5.96. The van der Waals surface area contributed by atoms with Gasteiger partial charge in [-0.15, -0.1) is 0 Å². The van der Waals surface area contributed by atoms with E-state index in [0.29, 0.717) is 0 Å². The summed E-state index contributed by atoms with van der Waals surface area (Å²) in [4.78, 5) is 31.5. The Bertz CT molecular complexity index is 1540. The first kappa shape index (κ1) is 30.6. The minimum atomic E-state index is -4.72. The lowest BCUT2D eigenvalue weighted by Gasteiger charge is -2.21. The zero-order valence-electron chi connectivity index (χ0n) is 22.3. The zero-order valence-corrected chi connectivity index (χ0v) is 22.3. The van der Waals surface area contributed by atoms with E-state index in [9.17, 15) is 31.1 Å². The van der Waals surface area contributed by atoms with Gasteiger partial charge in [0.15, 0.2) is 5.65 Å². The Hall–Kier alpha value is -4.37. The molecular formula is C27H24F6N6O3. The first-order chi connectivity index (χ1) is 19.9. The summed E-state index contributed by atoms with van der Waals surface area (Å²) in [6.45, 7) is 0.667. The number of hydrogen-bond acceptors (Lipinski definition) is 8. The average molecular weight is 595 g/mol. The standard InChI is InChI=1S/C27H24F6N6O3/c1-41-14-12-39(13-15-42-2)25(40)24-37-22(35-17-7-5-16(6-8-17)26(28,29)30)18-9-10-20(36-23(18)38-24)21-19(27(31,32)33)4-3-11-34-21/h3-11H,12-15H2,1-2H3,(H,35,36,37,38). The van der Waals surface area contributed by atoms with Gasteiger partial charge in [0.1, 0.15) is 11.5 Å². The molecule has 0 saturated carbocycles. The van der Waals surface area contributed by atoms with E-state index in [1.807, 2.05) is 0 Å². The van der Waals surface area contributed by atoms with Crippen LogP contribution < -0.4 is 5.32 Å². The van der Waals surface area contributed by atoms with Crippen LogP contribution >= 0.6 is 0 Å². The fourth-order valence-electron chi connectivity index (χ4n) is 3.91. The van der Waals surface area contributed by atoms with E-state index >= 15 is 0 Å². The highest BCUT2D eigenvalue weighted by Crippen LogP contribution is 2.36. The molecule has 0 aliphatic rings. The molecule has 0 atom stereocenters. The smallest absolute Gasteiger partial charge is 0.383 e. The molecule has 42 heavy (non-hydrogen) atoms. The molecule has 0 bridgehead atoms. The van der Waals surface area contributed by atoms with E-state index in [4.69, 9.17) is 9.47 Å². The summed E-state index contributed by atoms with van der Waals surface area (Å²) in [7, 11) is 2.91. The Labute approximate surface area is 235 Å². The maximum Gasteiger partial charge on any atom is 0.418 e. The van der Waals surface area contributed by atoms with Gasteiger partial charge in [-0.3, -0.25) is 9.78 Å². The monoisotopic (exact) mass is 594 g/mol. The van der Waals surface area contributed by atoms with Crippen LogP contribution in [-0.4, -0.2) is 71.3 Å². The van der Waals surface area contributed by atoms with Crippen LogP contribution in [0.25, 0.3) is 22.4 Å². The Morgan fingerprint density at radius 2 is 1.52 bits per heavy atom. The van der Waals surface area contributed by atoms with Crippen LogP contribution in [0.3, 0.4) is 0 Å². The second kappa shape index (κ2) is 12.7. The fourth-order valence-corrected chi connectivity index (χ4v) is 3.91. The quantitative estimate of drug-likeness (QED) is 0.237. The number of benzene rings is 1. The molecule has 0 spiro atoms. The second-order valence-electron chi connectivity index (χ2n) is 8.84. The topological polar surface area (TPSA) is 102 Å². The van der Waals surface area contributed by atoms with Crippen molar-refractivity contribution in [3.8, 4) is 11.4 Å². The van der Waals surface area contributed by atoms with Crippen molar-refractivity contribution in [1.29, 1.82) is 0 Å². The molecule has 0 aliphatic heterocycles. The molecule has 0 radical (unpaired) electrons. The highest BCUT2D eigenvalue weighted by Gasteiger charge is 2.35. The number of methoxy groups -OCH3 is 2. The lowest BCUT2D eigenvalue weighted by molar-refractivity contribution is -0.138. The van der Waals surface area contributed by atoms with Gasteiger partial charge in [0, 0.05) is 39.2 Å². The molecule has 9 nitrogen and oxygen atoms in total. The predicted molar refractivity (Wildman–Crippen MR) is 140 cm³/mol. The van der Waals surface area contributed by atoms with Gasteiger partial charge in [-0.1, -0.05) is 0 Å². The van der Waals surface area contributed by atoms with Crippen molar-refractivity contribution >= 4 is 28.4 Å². The SMILES string of the molecule is COCCN(CCOC)C(=O)c1nc(Nc2ccc(C(F)(F)F)cc2)c2ccc(-c3ncccc3C(F)(F)F)nc2n1. The number of halogens is 6. The molecular weight excluding hydrogens is 570 g/mol. The number of anilines is 2. The van der Waals surface area contributed by atoms with Crippen molar-refractivity contribution in [2.24, 2.45) is 0 Å². The molecule has 15 heteroatoms. The number of pyridine rings is 2. The third kappa shape index (κ3) is 7.09. The van der Waals surface area contributed by atoms with Crippen LogP contribution in [0.5, 0.6) is 0 Å². The van der Waals surface area contributed by atoms with Crippen molar-refractivity contribution in [2.75, 3.05) is 45.8 Å². The lowest BCUT2D eigenvalue weighted by atomic mass is 10.1. The van der Waals surface area contributed by atoms with E-state index in [2.05, 4.69) is 25.3 Å². The maximum atomic E-state index is 13.7. The molecule has 1 N–H and O–H groups in total. The van der Waals surface area contributed by atoms with Crippen molar-refractivity contribution in [1.82, 2.24) is 24.8 Å². The molecule has 3 heterocycles. The Morgan fingerprint density at radius 1 is 0.857 bits per heavy atom. The predicted octanol–water partition coefficient (Wildman–Crippen LogP) is 5.60. The summed E-state index contributed by atoms with van der Waals surface area (Å²) >= 11 is 0. The van der Waals surface area contributed by atoms with E-state index in [1.165, 1.54) is 49.6 Å². The van der Waals surface area contributed by atoms with Crippen molar-refractivity contribution in [2.45, 2.75) is 12.4 Å². The van der Waals surface area contributed by atoms with Crippen molar-refractivity contribution in [3.63, 3.8) is 0 Å². The molecule has 0 unspecified atom stereocenters. The number of carbonyl (C=O) groups excluding carboxylic acids is 1. The fraction of sp³-hybridized carbons (Fsp3) is 0.296. The molecule has 4 aromatic rings. The normalized spacial score (nSPS) is 12.0. The molecule has 1 amide bonds. The molecule has 4 rings (SSSR count).